The Kier molecular flexibility index (Phi) is 29.8. The van der Waals surface area contributed by atoms with Crippen LogP contribution in [-0.4, -0.2) is 83.1 Å². The number of phenolic OH excluding ortho intramolecular Hbond substituents is 1. The van der Waals surface area contributed by atoms with Crippen LogP contribution >= 0.6 is 62.3 Å². The van der Waals surface area contributed by atoms with Gasteiger partial charge >= 0.3 is 0 Å². The van der Waals surface area contributed by atoms with Crippen LogP contribution in [0.15, 0.2) is 250 Å². The van der Waals surface area contributed by atoms with Gasteiger partial charge in [0.05, 0.1) is 28.4 Å². The summed E-state index contributed by atoms with van der Waals surface area (Å²) in [6.07, 6.45) is 13.2. The number of nitrogens with zero attached hydrogens (tertiary/aromatic N) is 3. The molecule has 14 aromatic rings. The number of alkyl halides is 1. The van der Waals surface area contributed by atoms with Gasteiger partial charge in [0.25, 0.3) is 0 Å². The summed E-state index contributed by atoms with van der Waals surface area (Å²) in [7, 11) is 7.95. The Labute approximate surface area is 630 Å². The molecule has 0 saturated carbocycles. The molecule has 6 aromatic heterocycles. The molecule has 0 radical (unpaired) electrons. The maximum absolute atomic E-state index is 10.7. The number of aromatic hydroxyl groups is 1. The van der Waals surface area contributed by atoms with Crippen LogP contribution in [0.1, 0.15) is 71.3 Å². The molecule has 0 amide bonds. The van der Waals surface area contributed by atoms with Crippen molar-refractivity contribution in [1.29, 1.82) is 0 Å². The minimum atomic E-state index is -0.257. The van der Waals surface area contributed by atoms with Gasteiger partial charge < -0.3 is 58.0 Å². The summed E-state index contributed by atoms with van der Waals surface area (Å²) in [6.45, 7) is 1.30. The summed E-state index contributed by atoms with van der Waals surface area (Å²) in [5.41, 5.74) is 12.4. The van der Waals surface area contributed by atoms with Crippen molar-refractivity contribution in [2.45, 2.75) is 37.7 Å². The van der Waals surface area contributed by atoms with Crippen LogP contribution in [0, 0.1) is 0 Å². The number of aldehydes is 2. The van der Waals surface area contributed by atoms with Crippen molar-refractivity contribution < 1.29 is 52.6 Å². The van der Waals surface area contributed by atoms with Gasteiger partial charge in [-0.15, -0.1) is 0 Å². The van der Waals surface area contributed by atoms with Gasteiger partial charge in [-0.25, -0.2) is 15.0 Å². The molecule has 0 aliphatic carbocycles. The highest BCUT2D eigenvalue weighted by atomic mass is 79.9. The smallest absolute Gasteiger partial charge is 0.161 e. The number of aromatic nitrogens is 6. The predicted molar refractivity (Wildman–Crippen MR) is 416 cm³/mol. The van der Waals surface area contributed by atoms with Crippen LogP contribution in [0.2, 0.25) is 20.1 Å². The molecule has 104 heavy (non-hydrogen) atoms. The second-order valence-corrected chi connectivity index (χ2v) is 24.9. The van der Waals surface area contributed by atoms with Crippen molar-refractivity contribution in [3.63, 3.8) is 0 Å². The zero-order valence-corrected chi connectivity index (χ0v) is 61.8. The number of carbonyl (C=O) groups is 2. The Morgan fingerprint density at radius 2 is 0.865 bits per heavy atom. The van der Waals surface area contributed by atoms with Crippen LogP contribution in [0.3, 0.4) is 0 Å². The molecule has 4 N–H and O–H groups in total. The molecule has 532 valence electrons. The van der Waals surface area contributed by atoms with Gasteiger partial charge in [0.15, 0.2) is 46.0 Å². The van der Waals surface area contributed by atoms with Crippen LogP contribution in [0.25, 0.3) is 33.1 Å². The molecular weight excluding hydrogens is 1470 g/mol. The van der Waals surface area contributed by atoms with E-state index in [4.69, 9.17) is 89.4 Å². The molecule has 0 fully saturated rings. The third-order valence-electron chi connectivity index (χ3n) is 15.6. The molecule has 8 aromatic carbocycles. The molecule has 0 bridgehead atoms. The molecular formula is C82H73BrCl4N6O11. The predicted octanol–water partition coefficient (Wildman–Crippen LogP) is 20.7. The topological polar surface area (TPSA) is 214 Å². The van der Waals surface area contributed by atoms with Gasteiger partial charge in [-0.3, -0.25) is 9.59 Å². The normalized spacial score (nSPS) is 10.7. The molecule has 22 heteroatoms. The van der Waals surface area contributed by atoms with Crippen molar-refractivity contribution in [2.75, 3.05) is 35.5 Å². The van der Waals surface area contributed by atoms with Gasteiger partial charge in [0.2, 0.25) is 0 Å². The van der Waals surface area contributed by atoms with E-state index in [-0.39, 0.29) is 11.9 Å². The number of nitrogens with one attached hydrogen (secondary N) is 3. The summed E-state index contributed by atoms with van der Waals surface area (Å²) < 4.78 is 44.4. The molecule has 1 unspecified atom stereocenters. The van der Waals surface area contributed by atoms with Crippen LogP contribution in [0.5, 0.6) is 46.0 Å². The largest absolute Gasteiger partial charge is 0.504 e. The van der Waals surface area contributed by atoms with Gasteiger partial charge in [-0.1, -0.05) is 123 Å². The Morgan fingerprint density at radius 3 is 1.38 bits per heavy atom. The number of carbonyl (C=O) groups excluding carboxylic acids is 2. The van der Waals surface area contributed by atoms with E-state index < -0.39 is 0 Å². The first kappa shape index (κ1) is 77.3. The highest BCUT2D eigenvalue weighted by molar-refractivity contribution is 9.08. The van der Waals surface area contributed by atoms with Crippen molar-refractivity contribution in [2.24, 2.45) is 0 Å². The number of phenols is 1. The summed E-state index contributed by atoms with van der Waals surface area (Å²) in [4.78, 5) is 43.1. The zero-order valence-electron chi connectivity index (χ0n) is 57.2. The van der Waals surface area contributed by atoms with Crippen molar-refractivity contribution >= 4 is 108 Å². The number of hydrogen-bond acceptors (Lipinski definition) is 14. The monoisotopic (exact) mass is 1540 g/mol. The van der Waals surface area contributed by atoms with Crippen molar-refractivity contribution in [3.8, 4) is 46.0 Å². The first-order chi connectivity index (χ1) is 50.7. The van der Waals surface area contributed by atoms with Gasteiger partial charge in [-0.2, -0.15) is 0 Å². The molecule has 6 heterocycles. The number of methoxy groups -OCH3 is 5. The maximum atomic E-state index is 10.7. The molecule has 0 spiro atoms. The third kappa shape index (κ3) is 22.6. The number of fused-ring (bicyclic) bond motifs is 3. The fraction of sp³-hybridized carbons (Fsp3) is 0.134. The average molecular weight is 1540 g/mol. The van der Waals surface area contributed by atoms with E-state index in [2.05, 4.69) is 58.0 Å². The van der Waals surface area contributed by atoms with E-state index in [0.29, 0.717) is 81.0 Å². The Bertz CT molecular complexity index is 4970. The standard InChI is InChI=1S/C23H21ClN2O3.C22H19ClN2O2.C15H13ClO3.C8H8O3.C7H6BrCl.C7H6N2/c1-27-21-12-16(7-10-20(21)29-14-15-5-8-17(24)9-6-15)22(28-2)19-13-26-23-18(19)4-3-11-25-23;1-26-21-12-16(11-17-13-25-22-19(17)3-2-10-24-22)6-9-20(21)27-14-15-4-7-18(23)8-5-15;1-18-15-8-12(9-17)4-7-14(15)19-10-11-2-5-13(16)6-3-11;1-11-8-4-6(5-9)2-3-7(8)10;8-5-6-1-3-7(9)4-2-6;1-2-6-3-5-9-7(6)8-4-1/h3-13,22H,14H2,1-2H3,(H,25,26);2-10,12-13H,11,14H2,1H3,(H,24,25);2-9H,10H2,1H3;2-5,10H,1H3;1-4H,5H2;1-5H,(H,8,9). The molecule has 0 saturated heterocycles. The Balaban J connectivity index is 0.000000153. The van der Waals surface area contributed by atoms with E-state index in [1.165, 1.54) is 36.4 Å². The molecule has 1 atom stereocenters. The Morgan fingerprint density at radius 1 is 0.433 bits per heavy atom. The maximum Gasteiger partial charge on any atom is 0.161 e. The zero-order chi connectivity index (χ0) is 73.6. The number of benzene rings is 8. The Hall–Kier alpha value is -10.8. The van der Waals surface area contributed by atoms with E-state index in [0.717, 1.165) is 101 Å². The fourth-order valence-corrected chi connectivity index (χ4v) is 11.1. The summed E-state index contributed by atoms with van der Waals surface area (Å²) >= 11 is 26.7. The van der Waals surface area contributed by atoms with E-state index in [1.54, 1.807) is 65.2 Å². The number of pyridine rings is 3. The van der Waals surface area contributed by atoms with Crippen molar-refractivity contribution in [3.05, 3.63) is 325 Å². The minimum absolute atomic E-state index is 0.0399. The van der Waals surface area contributed by atoms with E-state index in [9.17, 15) is 9.59 Å². The summed E-state index contributed by atoms with van der Waals surface area (Å²) in [5, 5.41) is 16.2. The van der Waals surface area contributed by atoms with Crippen LogP contribution in [-0.2, 0) is 36.3 Å². The number of hydrogen-bond donors (Lipinski definition) is 4. The molecule has 14 rings (SSSR count). The SMILES string of the molecule is COc1cc(C(OC)c2c[nH]c3ncccc23)ccc1OCc1ccc(Cl)cc1.COc1cc(C=O)ccc1O.COc1cc(C=O)ccc1OCc1ccc(Cl)cc1.COc1cc(Cc2c[nH]c3ncccc23)ccc1OCc1ccc(Cl)cc1.Clc1ccc(CBr)cc1.c1cnc2[nH]ccc2c1. The average Bonchev–Trinajstić information content (AvgIpc) is 1.60. The summed E-state index contributed by atoms with van der Waals surface area (Å²) in [5.74, 6) is 4.25. The highest BCUT2D eigenvalue weighted by Crippen LogP contribution is 2.37. The third-order valence-corrected chi connectivity index (χ3v) is 17.3. The fourth-order valence-electron chi connectivity index (χ4n) is 10.2. The molecule has 17 nitrogen and oxygen atoms in total. The second-order valence-electron chi connectivity index (χ2n) is 22.5. The first-order valence-electron chi connectivity index (χ1n) is 32.2. The van der Waals surface area contributed by atoms with Gasteiger partial charge in [0.1, 0.15) is 55.4 Å². The number of halogens is 5. The van der Waals surface area contributed by atoms with Gasteiger partial charge in [0, 0.05) is 103 Å². The second kappa shape index (κ2) is 40.1. The molecule has 0 aliphatic rings. The number of H-pyrrole nitrogens is 3. The summed E-state index contributed by atoms with van der Waals surface area (Å²) in [6, 6.07) is 65.7. The van der Waals surface area contributed by atoms with Crippen LogP contribution < -0.4 is 33.2 Å². The lowest BCUT2D eigenvalue weighted by Crippen LogP contribution is -2.04. The van der Waals surface area contributed by atoms with E-state index in [1.807, 2.05) is 182 Å². The lowest BCUT2D eigenvalue weighted by molar-refractivity contribution is 0.111. The first-order valence-corrected chi connectivity index (χ1v) is 34.8. The highest BCUT2D eigenvalue weighted by Gasteiger charge is 2.21. The molecule has 0 aliphatic heterocycles. The lowest BCUT2D eigenvalue weighted by Gasteiger charge is -2.18. The number of rotatable bonds is 21. The number of ether oxygens (including phenoxy) is 8. The van der Waals surface area contributed by atoms with Crippen LogP contribution in [0.4, 0.5) is 0 Å². The van der Waals surface area contributed by atoms with Crippen molar-refractivity contribution in [1.82, 2.24) is 29.9 Å². The minimum Gasteiger partial charge on any atom is -0.504 e. The van der Waals surface area contributed by atoms with E-state index >= 15 is 0 Å². The lowest BCUT2D eigenvalue weighted by atomic mass is 10.0. The quantitative estimate of drug-likeness (QED) is 0.0389. The van der Waals surface area contributed by atoms with Gasteiger partial charge in [-0.05, 0) is 197 Å². The number of aromatic amines is 3.